The van der Waals surface area contributed by atoms with Crippen LogP contribution in [0.15, 0.2) is 48.6 Å². The van der Waals surface area contributed by atoms with Gasteiger partial charge < -0.3 is 0 Å². The summed E-state index contributed by atoms with van der Waals surface area (Å²) in [5.74, 6) is 0.576. The van der Waals surface area contributed by atoms with E-state index in [1.165, 1.54) is 76.4 Å². The molecular formula is C29H40F2OS. The number of hydrogen-bond acceptors (Lipinski definition) is 1. The van der Waals surface area contributed by atoms with Crippen molar-refractivity contribution in [1.29, 1.82) is 0 Å². The van der Waals surface area contributed by atoms with Gasteiger partial charge in [0.25, 0.3) is 6.43 Å². The molecule has 2 aliphatic carbocycles. The molecule has 0 atom stereocenters. The Bertz CT molecular complexity index is 794. The van der Waals surface area contributed by atoms with Crippen LogP contribution >= 0.6 is 12.6 Å². The van der Waals surface area contributed by atoms with E-state index in [9.17, 15) is 13.6 Å². The van der Waals surface area contributed by atoms with Crippen molar-refractivity contribution in [3.8, 4) is 0 Å². The van der Waals surface area contributed by atoms with Crippen LogP contribution in [0.3, 0.4) is 0 Å². The average molecular weight is 475 g/mol. The molecule has 0 amide bonds. The molecule has 0 aromatic heterocycles. The van der Waals surface area contributed by atoms with E-state index in [1.807, 2.05) is 24.3 Å². The maximum absolute atomic E-state index is 14.5. The fourth-order valence-corrected chi connectivity index (χ4v) is 5.82. The number of rotatable bonds is 12. The van der Waals surface area contributed by atoms with Gasteiger partial charge in [-0.1, -0.05) is 107 Å². The first-order chi connectivity index (χ1) is 16.0. The van der Waals surface area contributed by atoms with E-state index in [1.54, 1.807) is 12.2 Å². The molecule has 4 heteroatoms. The summed E-state index contributed by atoms with van der Waals surface area (Å²) in [7, 11) is 0. The topological polar surface area (TPSA) is 17.1 Å². The van der Waals surface area contributed by atoms with E-state index >= 15 is 0 Å². The molecule has 0 aliphatic heterocycles. The fraction of sp³-hybridized carbons (Fsp3) is 0.621. The highest BCUT2D eigenvalue weighted by Gasteiger charge is 2.41. The molecule has 0 spiro atoms. The Morgan fingerprint density at radius 2 is 1.58 bits per heavy atom. The van der Waals surface area contributed by atoms with E-state index in [2.05, 4.69) is 19.6 Å². The second-order valence-corrected chi connectivity index (χ2v) is 10.5. The largest absolute Gasteiger partial charge is 0.286 e. The Hall–Kier alpha value is -1.42. The molecule has 182 valence electrons. The second kappa shape index (κ2) is 12.9. The summed E-state index contributed by atoms with van der Waals surface area (Å²) in [4.78, 5) is 11.6. The highest BCUT2D eigenvalue weighted by atomic mass is 32.1. The van der Waals surface area contributed by atoms with Crippen LogP contribution in [0.1, 0.15) is 101 Å². The number of carbonyl (C=O) groups is 1. The van der Waals surface area contributed by atoms with Crippen LogP contribution in [0, 0.1) is 11.8 Å². The summed E-state index contributed by atoms with van der Waals surface area (Å²) in [6.07, 6.45) is 18.9. The predicted molar refractivity (Wildman–Crippen MR) is 137 cm³/mol. The lowest BCUT2D eigenvalue weighted by atomic mass is 9.69. The minimum Gasteiger partial charge on any atom is -0.286 e. The van der Waals surface area contributed by atoms with Crippen molar-refractivity contribution in [1.82, 2.24) is 0 Å². The van der Waals surface area contributed by atoms with Gasteiger partial charge in [-0.05, 0) is 48.6 Å². The van der Waals surface area contributed by atoms with Crippen molar-refractivity contribution in [2.24, 2.45) is 11.8 Å². The number of benzene rings is 1. The lowest BCUT2D eigenvalue weighted by Gasteiger charge is -2.36. The maximum Gasteiger partial charge on any atom is 0.255 e. The van der Waals surface area contributed by atoms with Gasteiger partial charge in [0.15, 0.2) is 5.12 Å². The van der Waals surface area contributed by atoms with E-state index in [0.717, 1.165) is 24.3 Å². The molecule has 33 heavy (non-hydrogen) atoms. The minimum absolute atomic E-state index is 0.321. The quantitative estimate of drug-likeness (QED) is 0.182. The smallest absolute Gasteiger partial charge is 0.255 e. The first-order valence-electron chi connectivity index (χ1n) is 13.0. The van der Waals surface area contributed by atoms with Crippen LogP contribution in [0.2, 0.25) is 0 Å². The molecule has 1 fully saturated rings. The van der Waals surface area contributed by atoms with Crippen LogP contribution in [0.4, 0.5) is 8.78 Å². The molecule has 0 unspecified atom stereocenters. The van der Waals surface area contributed by atoms with E-state index < -0.39 is 17.8 Å². The van der Waals surface area contributed by atoms with Crippen molar-refractivity contribution in [2.75, 3.05) is 0 Å². The zero-order chi connectivity index (χ0) is 23.7. The van der Waals surface area contributed by atoms with Gasteiger partial charge in [0.2, 0.25) is 0 Å². The summed E-state index contributed by atoms with van der Waals surface area (Å²) in [5, 5.41) is -0.321. The van der Waals surface area contributed by atoms with Crippen LogP contribution in [-0.2, 0) is 10.2 Å². The minimum atomic E-state index is -2.57. The predicted octanol–water partition coefficient (Wildman–Crippen LogP) is 8.80. The zero-order valence-electron chi connectivity index (χ0n) is 20.0. The number of allylic oxidation sites excluding steroid dienone is 4. The van der Waals surface area contributed by atoms with Gasteiger partial charge in [0, 0.05) is 0 Å². The fourth-order valence-electron chi connectivity index (χ4n) is 5.65. The molecular weight excluding hydrogens is 434 g/mol. The SMILES string of the molecule is CCCCCCCCCC1CCC(c2ccccc2C2(C(F)F)C=CC(C(=O)S)C=C2)CC1. The Balaban J connectivity index is 1.61. The molecule has 1 aromatic rings. The molecule has 1 nitrogen and oxygen atoms in total. The molecule has 0 bridgehead atoms. The molecule has 1 aromatic carbocycles. The highest BCUT2D eigenvalue weighted by Crippen LogP contribution is 2.45. The van der Waals surface area contributed by atoms with Gasteiger partial charge in [0.1, 0.15) is 0 Å². The highest BCUT2D eigenvalue weighted by molar-refractivity contribution is 7.96. The van der Waals surface area contributed by atoms with E-state index in [-0.39, 0.29) is 5.12 Å². The van der Waals surface area contributed by atoms with Crippen molar-refractivity contribution in [3.05, 3.63) is 59.7 Å². The van der Waals surface area contributed by atoms with Crippen LogP contribution in [-0.4, -0.2) is 11.5 Å². The maximum atomic E-state index is 14.5. The number of unbranched alkanes of at least 4 members (excludes halogenated alkanes) is 6. The molecule has 1 saturated carbocycles. The van der Waals surface area contributed by atoms with Crippen LogP contribution in [0.25, 0.3) is 0 Å². The molecule has 2 aliphatic rings. The van der Waals surface area contributed by atoms with Crippen molar-refractivity contribution < 1.29 is 13.6 Å². The third-order valence-corrected chi connectivity index (χ3v) is 8.03. The van der Waals surface area contributed by atoms with Crippen LogP contribution in [0.5, 0.6) is 0 Å². The summed E-state index contributed by atoms with van der Waals surface area (Å²) >= 11 is 3.87. The molecule has 0 N–H and O–H groups in total. The summed E-state index contributed by atoms with van der Waals surface area (Å²) in [5.41, 5.74) is 0.274. The van der Waals surface area contributed by atoms with Crippen molar-refractivity contribution >= 4 is 17.7 Å². The third-order valence-electron chi connectivity index (χ3n) is 7.73. The van der Waals surface area contributed by atoms with E-state index in [0.29, 0.717) is 11.5 Å². The lowest BCUT2D eigenvalue weighted by Crippen LogP contribution is -2.34. The standard InChI is InChI=1S/C29H40F2OS/c1-2-3-4-5-6-7-8-11-22-14-16-23(17-15-22)25-12-9-10-13-26(25)29(28(30)31)20-18-24(19-21-29)27(32)33/h9-10,12-13,18-24,28H,2-8,11,14-17H2,1H3,(H,32,33). The molecule has 0 radical (unpaired) electrons. The third kappa shape index (κ3) is 6.81. The summed E-state index contributed by atoms with van der Waals surface area (Å²) in [6, 6.07) is 7.72. The first kappa shape index (κ1) is 26.2. The summed E-state index contributed by atoms with van der Waals surface area (Å²) < 4.78 is 28.9. The Morgan fingerprint density at radius 3 is 2.18 bits per heavy atom. The Morgan fingerprint density at radius 1 is 0.970 bits per heavy atom. The number of alkyl halides is 2. The number of carbonyl (C=O) groups excluding carboxylic acids is 1. The number of thiol groups is 1. The molecule has 0 saturated heterocycles. The first-order valence-corrected chi connectivity index (χ1v) is 13.4. The Labute approximate surface area is 204 Å². The van der Waals surface area contributed by atoms with Gasteiger partial charge in [0.05, 0.1) is 11.3 Å². The van der Waals surface area contributed by atoms with Gasteiger partial charge in [-0.15, -0.1) is 12.6 Å². The van der Waals surface area contributed by atoms with Crippen LogP contribution < -0.4 is 0 Å². The Kier molecular flexibility index (Phi) is 10.2. The molecule has 0 heterocycles. The number of hydrogen-bond donors (Lipinski definition) is 1. The monoisotopic (exact) mass is 474 g/mol. The van der Waals surface area contributed by atoms with Crippen molar-refractivity contribution in [3.63, 3.8) is 0 Å². The van der Waals surface area contributed by atoms with Gasteiger partial charge >= 0.3 is 0 Å². The normalized spacial score (nSPS) is 27.2. The zero-order valence-corrected chi connectivity index (χ0v) is 20.9. The van der Waals surface area contributed by atoms with E-state index in [4.69, 9.17) is 0 Å². The van der Waals surface area contributed by atoms with Gasteiger partial charge in [-0.3, -0.25) is 4.79 Å². The van der Waals surface area contributed by atoms with Gasteiger partial charge in [-0.25, -0.2) is 8.78 Å². The molecule has 3 rings (SSSR count). The second-order valence-electron chi connectivity index (χ2n) is 10.0. The number of halogens is 2. The average Bonchev–Trinajstić information content (AvgIpc) is 2.84. The van der Waals surface area contributed by atoms with Crippen molar-refractivity contribution in [2.45, 2.75) is 102 Å². The van der Waals surface area contributed by atoms with Gasteiger partial charge in [-0.2, -0.15) is 0 Å². The lowest BCUT2D eigenvalue weighted by molar-refractivity contribution is -0.112. The summed E-state index contributed by atoms with van der Waals surface area (Å²) in [6.45, 7) is 2.26.